The summed E-state index contributed by atoms with van der Waals surface area (Å²) in [6, 6.07) is 0. The first-order valence-corrected chi connectivity index (χ1v) is 9.99. The van der Waals surface area contributed by atoms with E-state index in [9.17, 15) is 14.7 Å². The van der Waals surface area contributed by atoms with E-state index in [1.165, 1.54) is 12.5 Å². The molecular formula is C23H36O6. The lowest BCUT2D eigenvalue weighted by atomic mass is 9.94. The number of carbonyl (C=O) groups is 2. The van der Waals surface area contributed by atoms with Crippen molar-refractivity contribution in [2.75, 3.05) is 19.8 Å². The second-order valence-corrected chi connectivity index (χ2v) is 7.24. The van der Waals surface area contributed by atoms with Crippen molar-refractivity contribution < 1.29 is 29.6 Å². The van der Waals surface area contributed by atoms with Gasteiger partial charge in [-0.1, -0.05) is 37.3 Å². The summed E-state index contributed by atoms with van der Waals surface area (Å²) in [6.45, 7) is 8.95. The molecule has 6 heteroatoms. The largest absolute Gasteiger partial charge is 0.478 e. The second-order valence-electron chi connectivity index (χ2n) is 7.24. The van der Waals surface area contributed by atoms with E-state index in [0.29, 0.717) is 12.8 Å². The highest BCUT2D eigenvalue weighted by atomic mass is 16.5. The Morgan fingerprint density at radius 2 is 1.62 bits per heavy atom. The monoisotopic (exact) mass is 408 g/mol. The maximum Gasteiger partial charge on any atom is 0.331 e. The third-order valence-electron chi connectivity index (χ3n) is 4.74. The molecule has 6 nitrogen and oxygen atoms in total. The number of rotatable bonds is 15. The van der Waals surface area contributed by atoms with Crippen LogP contribution in [0, 0.1) is 5.92 Å². The molecule has 0 heterocycles. The van der Waals surface area contributed by atoms with Crippen LogP contribution in [0.3, 0.4) is 0 Å². The summed E-state index contributed by atoms with van der Waals surface area (Å²) in [4.78, 5) is 22.1. The molecule has 0 rings (SSSR count). The van der Waals surface area contributed by atoms with Gasteiger partial charge < -0.3 is 20.1 Å². The first-order chi connectivity index (χ1) is 13.7. The quantitative estimate of drug-likeness (QED) is 0.215. The zero-order valence-corrected chi connectivity index (χ0v) is 17.9. The van der Waals surface area contributed by atoms with Gasteiger partial charge in [0.25, 0.3) is 0 Å². The molecule has 0 unspecified atom stereocenters. The molecule has 0 aliphatic rings. The van der Waals surface area contributed by atoms with E-state index in [-0.39, 0.29) is 37.3 Å². The van der Waals surface area contributed by atoms with Crippen molar-refractivity contribution in [1.29, 1.82) is 0 Å². The van der Waals surface area contributed by atoms with E-state index in [4.69, 9.17) is 14.9 Å². The Kier molecular flexibility index (Phi) is 14.5. The Hall–Kier alpha value is -2.18. The van der Waals surface area contributed by atoms with Crippen molar-refractivity contribution in [3.05, 3.63) is 47.1 Å². The number of aliphatic hydroxyl groups is 2. The van der Waals surface area contributed by atoms with E-state index < -0.39 is 5.97 Å². The van der Waals surface area contributed by atoms with Crippen molar-refractivity contribution in [3.63, 3.8) is 0 Å². The summed E-state index contributed by atoms with van der Waals surface area (Å²) in [5.41, 5.74) is 3.22. The SMILES string of the molecule is C=C(C(=O)O)[C@H](C)CC/C(C)=C/CC/C(=C/CC/C(=C\CO)CO)COC(C)=O. The minimum absolute atomic E-state index is 0.0667. The van der Waals surface area contributed by atoms with Crippen LogP contribution in [0.2, 0.25) is 0 Å². The van der Waals surface area contributed by atoms with E-state index in [2.05, 4.69) is 12.7 Å². The molecule has 0 aromatic carbocycles. The van der Waals surface area contributed by atoms with Crippen molar-refractivity contribution in [2.45, 2.75) is 59.3 Å². The molecule has 0 aliphatic heterocycles. The predicted molar refractivity (Wildman–Crippen MR) is 114 cm³/mol. The topological polar surface area (TPSA) is 104 Å². The molecular weight excluding hydrogens is 372 g/mol. The van der Waals surface area contributed by atoms with Crippen LogP contribution in [-0.2, 0) is 14.3 Å². The number of hydrogen-bond acceptors (Lipinski definition) is 5. The molecule has 0 aromatic heterocycles. The van der Waals surface area contributed by atoms with Gasteiger partial charge in [-0.05, 0) is 62.5 Å². The highest BCUT2D eigenvalue weighted by Crippen LogP contribution is 2.19. The molecule has 29 heavy (non-hydrogen) atoms. The third-order valence-corrected chi connectivity index (χ3v) is 4.74. The highest BCUT2D eigenvalue weighted by Gasteiger charge is 2.13. The van der Waals surface area contributed by atoms with Gasteiger partial charge in [0.1, 0.15) is 6.61 Å². The average Bonchev–Trinajstić information content (AvgIpc) is 2.68. The minimum atomic E-state index is -0.947. The van der Waals surface area contributed by atoms with Gasteiger partial charge >= 0.3 is 11.9 Å². The summed E-state index contributed by atoms with van der Waals surface area (Å²) >= 11 is 0. The number of ether oxygens (including phenoxy) is 1. The smallest absolute Gasteiger partial charge is 0.331 e. The zero-order valence-electron chi connectivity index (χ0n) is 17.9. The first-order valence-electron chi connectivity index (χ1n) is 9.99. The van der Waals surface area contributed by atoms with Gasteiger partial charge in [-0.15, -0.1) is 0 Å². The molecule has 0 spiro atoms. The average molecular weight is 409 g/mol. The van der Waals surface area contributed by atoms with Gasteiger partial charge in [0.05, 0.1) is 13.2 Å². The Morgan fingerprint density at radius 1 is 1.00 bits per heavy atom. The van der Waals surface area contributed by atoms with Crippen molar-refractivity contribution in [1.82, 2.24) is 0 Å². The van der Waals surface area contributed by atoms with Crippen LogP contribution in [0.25, 0.3) is 0 Å². The molecule has 0 bridgehead atoms. The molecule has 3 N–H and O–H groups in total. The first kappa shape index (κ1) is 26.8. The number of carbonyl (C=O) groups excluding carboxylic acids is 1. The number of aliphatic carboxylic acids is 1. The van der Waals surface area contributed by atoms with Gasteiger partial charge in [-0.2, -0.15) is 0 Å². The molecule has 164 valence electrons. The van der Waals surface area contributed by atoms with Crippen LogP contribution in [0.4, 0.5) is 0 Å². The fourth-order valence-electron chi connectivity index (χ4n) is 2.70. The number of carboxylic acids is 1. The number of aliphatic hydroxyl groups excluding tert-OH is 2. The molecule has 0 saturated heterocycles. The van der Waals surface area contributed by atoms with Crippen LogP contribution < -0.4 is 0 Å². The van der Waals surface area contributed by atoms with Gasteiger partial charge in [0, 0.05) is 12.5 Å². The molecule has 0 radical (unpaired) electrons. The predicted octanol–water partition coefficient (Wildman–Crippen LogP) is 3.95. The molecule has 0 aromatic rings. The lowest BCUT2D eigenvalue weighted by Crippen LogP contribution is -2.08. The van der Waals surface area contributed by atoms with E-state index in [0.717, 1.165) is 36.8 Å². The van der Waals surface area contributed by atoms with Crippen molar-refractivity contribution in [2.24, 2.45) is 5.92 Å². The van der Waals surface area contributed by atoms with Gasteiger partial charge in [0.2, 0.25) is 0 Å². The van der Waals surface area contributed by atoms with E-state index >= 15 is 0 Å². The number of hydrogen-bond donors (Lipinski definition) is 3. The van der Waals surface area contributed by atoms with Gasteiger partial charge in [-0.3, -0.25) is 4.79 Å². The summed E-state index contributed by atoms with van der Waals surface area (Å²) in [5, 5.41) is 27.1. The highest BCUT2D eigenvalue weighted by molar-refractivity contribution is 5.86. The third kappa shape index (κ3) is 13.6. The Labute approximate surface area is 174 Å². The summed E-state index contributed by atoms with van der Waals surface area (Å²) < 4.78 is 5.12. The summed E-state index contributed by atoms with van der Waals surface area (Å²) in [5.74, 6) is -1.34. The molecule has 0 aliphatic carbocycles. The van der Waals surface area contributed by atoms with Gasteiger partial charge in [-0.25, -0.2) is 4.79 Å². The normalized spacial score (nSPS) is 13.9. The van der Waals surface area contributed by atoms with Crippen LogP contribution >= 0.6 is 0 Å². The molecule has 0 saturated carbocycles. The maximum absolute atomic E-state index is 11.1. The van der Waals surface area contributed by atoms with Crippen LogP contribution in [0.1, 0.15) is 59.3 Å². The number of esters is 1. The Morgan fingerprint density at radius 3 is 2.17 bits per heavy atom. The summed E-state index contributed by atoms with van der Waals surface area (Å²) in [7, 11) is 0. The second kappa shape index (κ2) is 15.7. The Balaban J connectivity index is 4.66. The lowest BCUT2D eigenvalue weighted by molar-refractivity contribution is -0.140. The molecule has 1 atom stereocenters. The van der Waals surface area contributed by atoms with Crippen molar-refractivity contribution in [3.8, 4) is 0 Å². The lowest BCUT2D eigenvalue weighted by Gasteiger charge is -2.11. The number of carboxylic acid groups (broad SMARTS) is 1. The van der Waals surface area contributed by atoms with E-state index in [1.54, 1.807) is 6.08 Å². The van der Waals surface area contributed by atoms with Crippen LogP contribution in [-0.4, -0.2) is 47.1 Å². The Bertz CT molecular complexity index is 627. The minimum Gasteiger partial charge on any atom is -0.478 e. The van der Waals surface area contributed by atoms with Gasteiger partial charge in [0.15, 0.2) is 0 Å². The fraction of sp³-hybridized carbons (Fsp3) is 0.565. The zero-order chi connectivity index (χ0) is 22.2. The van der Waals surface area contributed by atoms with Crippen LogP contribution in [0.15, 0.2) is 47.1 Å². The molecule has 0 amide bonds. The molecule has 0 fully saturated rings. The summed E-state index contributed by atoms with van der Waals surface area (Å²) in [6.07, 6.45) is 10.2. The standard InChI is InChI=1S/C23H36O6/c1-17(11-12-18(2)19(3)23(27)28)7-5-9-22(16-29-20(4)26)10-6-8-21(15-25)13-14-24/h7,10,13,18,24-25H,3,5-6,8-9,11-12,14-16H2,1-2,4H3,(H,27,28)/b17-7+,21-13+,22-10-/t18-/m1/s1. The fourth-order valence-corrected chi connectivity index (χ4v) is 2.70. The van der Waals surface area contributed by atoms with Crippen LogP contribution in [0.5, 0.6) is 0 Å². The van der Waals surface area contributed by atoms with Crippen molar-refractivity contribution >= 4 is 11.9 Å². The van der Waals surface area contributed by atoms with E-state index in [1.807, 2.05) is 19.9 Å². The maximum atomic E-state index is 11.1. The number of allylic oxidation sites excluding steroid dienone is 3.